The van der Waals surface area contributed by atoms with Crippen molar-refractivity contribution in [2.24, 2.45) is 5.92 Å². The van der Waals surface area contributed by atoms with Crippen molar-refractivity contribution in [1.29, 1.82) is 0 Å². The number of hydrogen-bond donors (Lipinski definition) is 0. The summed E-state index contributed by atoms with van der Waals surface area (Å²) < 4.78 is 13.8. The Bertz CT molecular complexity index is 372. The fourth-order valence-corrected chi connectivity index (χ4v) is 3.88. The van der Waals surface area contributed by atoms with Crippen molar-refractivity contribution in [1.82, 2.24) is 0 Å². The van der Waals surface area contributed by atoms with Gasteiger partial charge in [0.25, 0.3) is 0 Å². The molecule has 1 aliphatic carbocycles. The van der Waals surface area contributed by atoms with Crippen LogP contribution in [0.1, 0.15) is 37.7 Å². The Morgan fingerprint density at radius 3 is 2.65 bits per heavy atom. The predicted molar refractivity (Wildman–Crippen MR) is 77.1 cm³/mol. The second-order valence-corrected chi connectivity index (χ2v) is 6.87. The van der Waals surface area contributed by atoms with Crippen LogP contribution in [0.2, 0.25) is 0 Å². The highest BCUT2D eigenvalue weighted by atomic mass is 79.9. The molecule has 94 valence electrons. The average molecular weight is 364 g/mol. The maximum Gasteiger partial charge on any atom is 0.124 e. The summed E-state index contributed by atoms with van der Waals surface area (Å²) in [6.45, 7) is 0. The molecular weight excluding hydrogens is 347 g/mol. The van der Waals surface area contributed by atoms with E-state index in [1.807, 2.05) is 6.07 Å². The monoisotopic (exact) mass is 362 g/mol. The molecule has 0 aliphatic heterocycles. The zero-order valence-corrected chi connectivity index (χ0v) is 12.9. The van der Waals surface area contributed by atoms with Crippen LogP contribution in [0.15, 0.2) is 22.7 Å². The normalized spacial score (nSPS) is 18.5. The number of benzene rings is 1. The third kappa shape index (κ3) is 3.78. The lowest BCUT2D eigenvalue weighted by Gasteiger charge is -2.17. The third-order valence-corrected chi connectivity index (χ3v) is 5.56. The van der Waals surface area contributed by atoms with Crippen molar-refractivity contribution in [3.63, 3.8) is 0 Å². The maximum absolute atomic E-state index is 13.0. The van der Waals surface area contributed by atoms with Gasteiger partial charge in [0.05, 0.1) is 0 Å². The van der Waals surface area contributed by atoms with Crippen LogP contribution in [0.3, 0.4) is 0 Å². The van der Waals surface area contributed by atoms with Crippen LogP contribution in [0, 0.1) is 11.7 Å². The Morgan fingerprint density at radius 2 is 2.00 bits per heavy atom. The molecule has 0 aromatic heterocycles. The van der Waals surface area contributed by atoms with E-state index in [9.17, 15) is 4.39 Å². The molecule has 0 heterocycles. The van der Waals surface area contributed by atoms with E-state index in [1.165, 1.54) is 31.2 Å². The zero-order valence-electron chi connectivity index (χ0n) is 9.76. The molecule has 1 aliphatic rings. The molecule has 1 atom stereocenters. The van der Waals surface area contributed by atoms with Crippen LogP contribution in [0.5, 0.6) is 0 Å². The molecular formula is C14H17Br2F. The van der Waals surface area contributed by atoms with E-state index in [4.69, 9.17) is 0 Å². The van der Waals surface area contributed by atoms with Gasteiger partial charge in [-0.1, -0.05) is 50.8 Å². The zero-order chi connectivity index (χ0) is 12.3. The second kappa shape index (κ2) is 6.33. The van der Waals surface area contributed by atoms with Crippen molar-refractivity contribution < 1.29 is 4.39 Å². The van der Waals surface area contributed by atoms with Crippen LogP contribution < -0.4 is 0 Å². The van der Waals surface area contributed by atoms with Gasteiger partial charge < -0.3 is 0 Å². The topological polar surface area (TPSA) is 0 Å². The maximum atomic E-state index is 13.0. The highest BCUT2D eigenvalue weighted by Gasteiger charge is 2.22. The van der Waals surface area contributed by atoms with Gasteiger partial charge in [-0.3, -0.25) is 0 Å². The van der Waals surface area contributed by atoms with Gasteiger partial charge in [0, 0.05) is 9.30 Å². The summed E-state index contributed by atoms with van der Waals surface area (Å²) in [7, 11) is 0. The number of aryl methyl sites for hydroxylation is 1. The van der Waals surface area contributed by atoms with Crippen molar-refractivity contribution in [3.8, 4) is 0 Å². The van der Waals surface area contributed by atoms with Gasteiger partial charge in [-0.2, -0.15) is 0 Å². The first-order valence-corrected chi connectivity index (χ1v) is 7.95. The van der Waals surface area contributed by atoms with Crippen LogP contribution >= 0.6 is 31.9 Å². The number of rotatable bonds is 4. The van der Waals surface area contributed by atoms with Gasteiger partial charge in [-0.05, 0) is 49.3 Å². The molecule has 1 aromatic rings. The molecule has 0 amide bonds. The van der Waals surface area contributed by atoms with E-state index in [0.29, 0.717) is 4.83 Å². The molecule has 1 fully saturated rings. The second-order valence-electron chi connectivity index (χ2n) is 4.83. The summed E-state index contributed by atoms with van der Waals surface area (Å²) in [6.07, 6.45) is 7.63. The van der Waals surface area contributed by atoms with Gasteiger partial charge in [-0.15, -0.1) is 0 Å². The fraction of sp³-hybridized carbons (Fsp3) is 0.571. The standard InChI is InChI=1S/C14H17Br2F/c15-13(10-3-1-2-4-10)8-6-11-5-7-12(17)9-14(11)16/h5,7,9-10,13H,1-4,6,8H2. The molecule has 0 bridgehead atoms. The van der Waals surface area contributed by atoms with Gasteiger partial charge in [0.2, 0.25) is 0 Å². The largest absolute Gasteiger partial charge is 0.207 e. The Balaban J connectivity index is 1.88. The Kier molecular flexibility index (Phi) is 5.04. The summed E-state index contributed by atoms with van der Waals surface area (Å²) in [5.41, 5.74) is 1.20. The SMILES string of the molecule is Fc1ccc(CCC(Br)C2CCCC2)c(Br)c1. The minimum absolute atomic E-state index is 0.174. The average Bonchev–Trinajstić information content (AvgIpc) is 2.81. The van der Waals surface area contributed by atoms with Crippen molar-refractivity contribution >= 4 is 31.9 Å². The van der Waals surface area contributed by atoms with Gasteiger partial charge in [0.15, 0.2) is 0 Å². The van der Waals surface area contributed by atoms with Crippen molar-refractivity contribution in [2.75, 3.05) is 0 Å². The first-order valence-electron chi connectivity index (χ1n) is 6.25. The fourth-order valence-electron chi connectivity index (χ4n) is 2.57. The highest BCUT2D eigenvalue weighted by Crippen LogP contribution is 2.34. The third-order valence-electron chi connectivity index (χ3n) is 3.62. The van der Waals surface area contributed by atoms with Crippen LogP contribution in [-0.2, 0) is 6.42 Å². The summed E-state index contributed by atoms with van der Waals surface area (Å²) in [4.78, 5) is 0.613. The van der Waals surface area contributed by atoms with Crippen molar-refractivity contribution in [2.45, 2.75) is 43.4 Å². The molecule has 1 saturated carbocycles. The number of halogens is 3. The number of hydrogen-bond acceptors (Lipinski definition) is 0. The van der Waals surface area contributed by atoms with Crippen molar-refractivity contribution in [3.05, 3.63) is 34.1 Å². The molecule has 0 saturated heterocycles. The van der Waals surface area contributed by atoms with E-state index in [1.54, 1.807) is 12.1 Å². The van der Waals surface area contributed by atoms with E-state index < -0.39 is 0 Å². The molecule has 17 heavy (non-hydrogen) atoms. The van der Waals surface area contributed by atoms with Crippen LogP contribution in [-0.4, -0.2) is 4.83 Å². The minimum Gasteiger partial charge on any atom is -0.207 e. The van der Waals surface area contributed by atoms with E-state index >= 15 is 0 Å². The van der Waals surface area contributed by atoms with Crippen LogP contribution in [0.4, 0.5) is 4.39 Å². The summed E-state index contributed by atoms with van der Waals surface area (Å²) >= 11 is 7.24. The first-order chi connectivity index (χ1) is 8.16. The number of alkyl halides is 1. The Labute approximate surface area is 119 Å². The first kappa shape index (κ1) is 13.5. The minimum atomic E-state index is -0.174. The summed E-state index contributed by atoms with van der Waals surface area (Å²) in [5.74, 6) is 0.668. The lowest BCUT2D eigenvalue weighted by atomic mass is 9.98. The molecule has 3 heteroatoms. The van der Waals surface area contributed by atoms with E-state index in [2.05, 4.69) is 31.9 Å². The highest BCUT2D eigenvalue weighted by molar-refractivity contribution is 9.10. The Morgan fingerprint density at radius 1 is 1.29 bits per heavy atom. The molecule has 0 spiro atoms. The molecule has 0 nitrogen and oxygen atoms in total. The summed E-state index contributed by atoms with van der Waals surface area (Å²) in [5, 5.41) is 0. The van der Waals surface area contributed by atoms with Gasteiger partial charge >= 0.3 is 0 Å². The molecule has 0 N–H and O–H groups in total. The van der Waals surface area contributed by atoms with Crippen LogP contribution in [0.25, 0.3) is 0 Å². The summed E-state index contributed by atoms with van der Waals surface area (Å²) in [6, 6.07) is 4.97. The smallest absolute Gasteiger partial charge is 0.124 e. The molecule has 1 aromatic carbocycles. The molecule has 2 rings (SSSR count). The lowest BCUT2D eigenvalue weighted by Crippen LogP contribution is -2.11. The van der Waals surface area contributed by atoms with Gasteiger partial charge in [-0.25, -0.2) is 4.39 Å². The van der Waals surface area contributed by atoms with Gasteiger partial charge in [0.1, 0.15) is 5.82 Å². The molecule has 0 radical (unpaired) electrons. The van der Waals surface area contributed by atoms with E-state index in [0.717, 1.165) is 23.2 Å². The predicted octanol–water partition coefficient (Wildman–Crippen LogP) is 5.47. The van der Waals surface area contributed by atoms with E-state index in [-0.39, 0.29) is 5.82 Å². The quantitative estimate of drug-likeness (QED) is 0.622. The lowest BCUT2D eigenvalue weighted by molar-refractivity contribution is 0.505. The Hall–Kier alpha value is 0.110. The molecule has 1 unspecified atom stereocenters.